The van der Waals surface area contributed by atoms with E-state index in [1.54, 1.807) is 0 Å². The van der Waals surface area contributed by atoms with E-state index in [1.165, 1.54) is 7.11 Å². The van der Waals surface area contributed by atoms with Crippen LogP contribution in [0.5, 0.6) is 17.2 Å². The molecule has 3 aromatic carbocycles. The number of aromatic hydroxyl groups is 3. The second-order valence-corrected chi connectivity index (χ2v) is 25.0. The summed E-state index contributed by atoms with van der Waals surface area (Å²) in [5.41, 5.74) is 4.25. The predicted octanol–water partition coefficient (Wildman–Crippen LogP) is 12.0. The molecule has 0 saturated carbocycles. The molecule has 374 valence electrons. The summed E-state index contributed by atoms with van der Waals surface area (Å²) in [6.45, 7) is 35.9. The second kappa shape index (κ2) is 21.4. The van der Waals surface area contributed by atoms with E-state index < -0.39 is 23.3 Å². The number of benzene rings is 3. The maximum Gasteiger partial charge on any atom is 0.306 e. The van der Waals surface area contributed by atoms with Gasteiger partial charge in [0.15, 0.2) is 0 Å². The maximum absolute atomic E-state index is 13.6. The van der Waals surface area contributed by atoms with Crippen molar-refractivity contribution < 1.29 is 48.7 Å². The molecule has 0 amide bonds. The molecule has 0 unspecified atom stereocenters. The molecule has 0 atom stereocenters. The highest BCUT2D eigenvalue weighted by Crippen LogP contribution is 2.43. The summed E-state index contributed by atoms with van der Waals surface area (Å²) in [5.74, 6) is -0.684. The van der Waals surface area contributed by atoms with Gasteiger partial charge in [-0.25, -0.2) is 0 Å². The number of methoxy groups -OCH3 is 1. The van der Waals surface area contributed by atoms with Crippen molar-refractivity contribution >= 4 is 17.9 Å². The molecule has 0 aromatic heterocycles. The Bertz CT molecular complexity index is 1860. The number of phenols is 3. The summed E-state index contributed by atoms with van der Waals surface area (Å²) >= 11 is 0. The lowest BCUT2D eigenvalue weighted by Crippen LogP contribution is -2.43. The van der Waals surface area contributed by atoms with Crippen molar-refractivity contribution in [3.05, 3.63) is 86.5 Å². The summed E-state index contributed by atoms with van der Waals surface area (Å²) in [4.78, 5) is 40.7. The van der Waals surface area contributed by atoms with Crippen molar-refractivity contribution in [2.45, 2.75) is 196 Å². The Morgan fingerprint density at radius 2 is 0.567 bits per heavy atom. The van der Waals surface area contributed by atoms with Gasteiger partial charge in [-0.2, -0.15) is 0 Å². The fraction of sp³-hybridized carbons (Fsp3) is 0.632. The number of carbonyl (C=O) groups is 3. The number of hydrogen-bond acceptors (Lipinski definition) is 10. The van der Waals surface area contributed by atoms with E-state index in [0.29, 0.717) is 19.3 Å². The van der Waals surface area contributed by atoms with Crippen LogP contribution in [0.4, 0.5) is 0 Å². The van der Waals surface area contributed by atoms with Crippen molar-refractivity contribution in [3.63, 3.8) is 0 Å². The summed E-state index contributed by atoms with van der Waals surface area (Å²) in [6, 6.07) is 11.7. The Labute approximate surface area is 403 Å². The molecule has 3 N–H and O–H groups in total. The number of aryl methyl sites for hydroxylation is 3. The smallest absolute Gasteiger partial charge is 0.306 e. The van der Waals surface area contributed by atoms with Crippen LogP contribution in [0.2, 0.25) is 0 Å². The largest absolute Gasteiger partial charge is 0.507 e. The normalized spacial score (nSPS) is 13.1. The van der Waals surface area contributed by atoms with Crippen LogP contribution in [0.1, 0.15) is 194 Å². The molecule has 0 saturated heterocycles. The topological polar surface area (TPSA) is 149 Å². The Morgan fingerprint density at radius 3 is 0.731 bits per heavy atom. The molecular formula is C57H86O10. The molecule has 0 aliphatic carbocycles. The standard InChI is InChI=1S/C57H86O10/c1-51(2,3)39-26-36(27-40(48(39)61)52(4,5)6)20-23-45(58)65-33-57(32-64-19,34-66-46(59)24-21-37-28-41(53(7,8)9)49(62)42(29-37)54(10,11)12)35-67-47(60)25-22-38-30-43(55(13,14)15)50(63)44(31-38)56(16,17)18/h26-31,61-63H,20-25,32-35H2,1-19H3. The fourth-order valence-electron chi connectivity index (χ4n) is 8.16. The van der Waals surface area contributed by atoms with E-state index in [-0.39, 0.29) is 95.4 Å². The van der Waals surface area contributed by atoms with E-state index in [2.05, 4.69) is 0 Å². The summed E-state index contributed by atoms with van der Waals surface area (Å²) in [7, 11) is 1.49. The van der Waals surface area contributed by atoms with Gasteiger partial charge in [-0.1, -0.05) is 161 Å². The Kier molecular flexibility index (Phi) is 18.1. The van der Waals surface area contributed by atoms with Gasteiger partial charge in [-0.3, -0.25) is 14.4 Å². The van der Waals surface area contributed by atoms with Crippen LogP contribution < -0.4 is 0 Å². The number of hydrogen-bond donors (Lipinski definition) is 3. The Balaban J connectivity index is 1.89. The van der Waals surface area contributed by atoms with Crippen LogP contribution >= 0.6 is 0 Å². The number of carbonyl (C=O) groups excluding carboxylic acids is 3. The van der Waals surface area contributed by atoms with Gasteiger partial charge in [0, 0.05) is 26.4 Å². The van der Waals surface area contributed by atoms with Gasteiger partial charge in [0.2, 0.25) is 0 Å². The lowest BCUT2D eigenvalue weighted by atomic mass is 9.78. The third-order valence-corrected chi connectivity index (χ3v) is 12.3. The van der Waals surface area contributed by atoms with Crippen molar-refractivity contribution in [3.8, 4) is 17.2 Å². The zero-order valence-corrected chi connectivity index (χ0v) is 44.7. The summed E-state index contributed by atoms with van der Waals surface area (Å²) in [5, 5.41) is 33.7. The molecule has 10 nitrogen and oxygen atoms in total. The summed E-state index contributed by atoms with van der Waals surface area (Å²) in [6.07, 6.45) is 1.22. The highest BCUT2D eigenvalue weighted by atomic mass is 16.6. The van der Waals surface area contributed by atoms with Crippen molar-refractivity contribution in [2.24, 2.45) is 5.41 Å². The van der Waals surface area contributed by atoms with Gasteiger partial charge < -0.3 is 34.3 Å². The lowest BCUT2D eigenvalue weighted by molar-refractivity contribution is -0.166. The van der Waals surface area contributed by atoms with E-state index >= 15 is 0 Å². The summed E-state index contributed by atoms with van der Waals surface area (Å²) < 4.78 is 23.4. The number of phenolic OH excluding ortho intramolecular Hbond substituents is 3. The van der Waals surface area contributed by atoms with Crippen LogP contribution in [-0.4, -0.2) is 66.8 Å². The fourth-order valence-corrected chi connectivity index (χ4v) is 8.16. The quantitative estimate of drug-likeness (QED) is 0.0882. The van der Waals surface area contributed by atoms with Crippen LogP contribution in [0.25, 0.3) is 0 Å². The van der Waals surface area contributed by atoms with Crippen LogP contribution in [-0.2, 0) is 85.1 Å². The van der Waals surface area contributed by atoms with Gasteiger partial charge in [0.1, 0.15) is 37.1 Å². The van der Waals surface area contributed by atoms with Gasteiger partial charge in [0.05, 0.1) is 12.0 Å². The molecule has 0 aliphatic rings. The van der Waals surface area contributed by atoms with Gasteiger partial charge in [-0.15, -0.1) is 0 Å². The molecular weight excluding hydrogens is 845 g/mol. The van der Waals surface area contributed by atoms with Crippen LogP contribution in [0, 0.1) is 5.41 Å². The predicted molar refractivity (Wildman–Crippen MR) is 269 cm³/mol. The monoisotopic (exact) mass is 931 g/mol. The van der Waals surface area contributed by atoms with E-state index in [1.807, 2.05) is 161 Å². The third-order valence-electron chi connectivity index (χ3n) is 12.3. The molecule has 0 aliphatic heterocycles. The zero-order chi connectivity index (χ0) is 51.3. The first-order chi connectivity index (χ1) is 30.4. The maximum atomic E-state index is 13.6. The van der Waals surface area contributed by atoms with Gasteiger partial charge >= 0.3 is 17.9 Å². The molecule has 0 spiro atoms. The minimum atomic E-state index is -1.23. The Hall–Kier alpha value is -4.57. The third kappa shape index (κ3) is 16.0. The highest BCUT2D eigenvalue weighted by molar-refractivity contribution is 5.71. The van der Waals surface area contributed by atoms with Crippen molar-refractivity contribution in [2.75, 3.05) is 33.5 Å². The Morgan fingerprint density at radius 1 is 0.373 bits per heavy atom. The average molecular weight is 931 g/mol. The number of rotatable bonds is 17. The zero-order valence-electron chi connectivity index (χ0n) is 44.7. The van der Waals surface area contributed by atoms with E-state index in [0.717, 1.165) is 50.1 Å². The van der Waals surface area contributed by atoms with Crippen LogP contribution in [0.3, 0.4) is 0 Å². The molecule has 67 heavy (non-hydrogen) atoms. The minimum absolute atomic E-state index is 0.0417. The van der Waals surface area contributed by atoms with Crippen LogP contribution in [0.15, 0.2) is 36.4 Å². The molecule has 0 bridgehead atoms. The van der Waals surface area contributed by atoms with Crippen molar-refractivity contribution in [1.82, 2.24) is 0 Å². The highest BCUT2D eigenvalue weighted by Gasteiger charge is 2.37. The number of esters is 3. The first-order valence-corrected chi connectivity index (χ1v) is 24.0. The first-order valence-electron chi connectivity index (χ1n) is 24.0. The molecule has 0 fully saturated rings. The van der Waals surface area contributed by atoms with Gasteiger partial charge in [0.25, 0.3) is 0 Å². The first kappa shape index (κ1) is 56.8. The van der Waals surface area contributed by atoms with E-state index in [4.69, 9.17) is 18.9 Å². The van der Waals surface area contributed by atoms with Gasteiger partial charge in [-0.05, 0) is 102 Å². The molecule has 0 radical (unpaired) electrons. The average Bonchev–Trinajstić information content (AvgIpc) is 3.17. The molecule has 0 heterocycles. The molecule has 3 rings (SSSR count). The lowest BCUT2D eigenvalue weighted by Gasteiger charge is -2.31. The molecule has 3 aromatic rings. The number of ether oxygens (including phenoxy) is 4. The minimum Gasteiger partial charge on any atom is -0.507 e. The second-order valence-electron chi connectivity index (χ2n) is 25.0. The van der Waals surface area contributed by atoms with Crippen molar-refractivity contribution in [1.29, 1.82) is 0 Å². The SMILES string of the molecule is COCC(COC(=O)CCc1cc(C(C)(C)C)c(O)c(C(C)(C)C)c1)(COC(=O)CCc1cc(C(C)(C)C)c(O)c(C(C)(C)C)c1)COC(=O)CCc1cc(C(C)(C)C)c(O)c(C(C)(C)C)c1. The van der Waals surface area contributed by atoms with E-state index in [9.17, 15) is 29.7 Å². The molecule has 10 heteroatoms.